The molecule has 0 saturated heterocycles. The van der Waals surface area contributed by atoms with Crippen LogP contribution in [-0.4, -0.2) is 57.5 Å². The molecule has 0 aromatic rings. The third-order valence-corrected chi connectivity index (χ3v) is 3.57. The van der Waals surface area contributed by atoms with Crippen LogP contribution in [-0.2, 0) is 9.47 Å². The van der Waals surface area contributed by atoms with Gasteiger partial charge in [0.2, 0.25) is 0 Å². The highest BCUT2D eigenvalue weighted by molar-refractivity contribution is 4.84. The molecule has 0 radical (unpaired) electrons. The van der Waals surface area contributed by atoms with Gasteiger partial charge in [-0.05, 0) is 26.3 Å². The fourth-order valence-electron chi connectivity index (χ4n) is 2.47. The molecule has 0 bridgehead atoms. The van der Waals surface area contributed by atoms with Crippen molar-refractivity contribution in [1.29, 1.82) is 0 Å². The van der Waals surface area contributed by atoms with Crippen molar-refractivity contribution in [3.63, 3.8) is 0 Å². The number of methoxy groups -OCH3 is 1. The maximum atomic E-state index is 6.15. The predicted molar refractivity (Wildman–Crippen MR) is 70.2 cm³/mol. The molecule has 0 aromatic heterocycles. The third-order valence-electron chi connectivity index (χ3n) is 3.57. The van der Waals surface area contributed by atoms with E-state index in [4.69, 9.17) is 15.2 Å². The molecule has 0 heterocycles. The van der Waals surface area contributed by atoms with E-state index in [1.807, 2.05) is 0 Å². The van der Waals surface area contributed by atoms with Gasteiger partial charge in [-0.1, -0.05) is 12.8 Å². The fourth-order valence-corrected chi connectivity index (χ4v) is 2.47. The van der Waals surface area contributed by atoms with E-state index in [1.54, 1.807) is 7.11 Å². The number of hydrogen-bond acceptors (Lipinski definition) is 4. The minimum Gasteiger partial charge on any atom is -0.385 e. The second-order valence-electron chi connectivity index (χ2n) is 4.95. The van der Waals surface area contributed by atoms with Crippen LogP contribution in [0.3, 0.4) is 0 Å². The lowest BCUT2D eigenvalue weighted by molar-refractivity contribution is 0.0710. The zero-order valence-corrected chi connectivity index (χ0v) is 11.4. The topological polar surface area (TPSA) is 47.7 Å². The number of nitrogens with two attached hydrogens (primary N) is 1. The summed E-state index contributed by atoms with van der Waals surface area (Å²) >= 11 is 0. The van der Waals surface area contributed by atoms with E-state index in [1.165, 1.54) is 25.7 Å². The van der Waals surface area contributed by atoms with Crippen LogP contribution in [0.15, 0.2) is 0 Å². The summed E-state index contributed by atoms with van der Waals surface area (Å²) in [6.07, 6.45) is 5.99. The van der Waals surface area contributed by atoms with Gasteiger partial charge in [0, 0.05) is 39.0 Å². The molecule has 1 fully saturated rings. The van der Waals surface area contributed by atoms with Crippen LogP contribution in [0.5, 0.6) is 0 Å². The van der Waals surface area contributed by atoms with E-state index in [0.717, 1.165) is 32.8 Å². The maximum absolute atomic E-state index is 6.15. The SMILES string of the molecule is COCCCOCCN(C)C1CCCCC1N. The lowest BCUT2D eigenvalue weighted by Crippen LogP contribution is -2.48. The molecule has 1 aliphatic carbocycles. The Balaban J connectivity index is 2.05. The Bertz CT molecular complexity index is 190. The number of nitrogens with zero attached hydrogens (tertiary/aromatic N) is 1. The Morgan fingerprint density at radius 2 is 1.94 bits per heavy atom. The predicted octanol–water partition coefficient (Wildman–Crippen LogP) is 1.24. The minimum atomic E-state index is 0.349. The van der Waals surface area contributed by atoms with Crippen molar-refractivity contribution in [3.8, 4) is 0 Å². The molecule has 0 aromatic carbocycles. The third kappa shape index (κ3) is 5.82. The van der Waals surface area contributed by atoms with Crippen molar-refractivity contribution in [1.82, 2.24) is 4.90 Å². The average Bonchev–Trinajstić information content (AvgIpc) is 2.34. The number of ether oxygens (including phenoxy) is 2. The zero-order valence-electron chi connectivity index (χ0n) is 11.4. The Hall–Kier alpha value is -0.160. The summed E-state index contributed by atoms with van der Waals surface area (Å²) in [5, 5.41) is 0. The van der Waals surface area contributed by atoms with Gasteiger partial charge in [-0.25, -0.2) is 0 Å². The van der Waals surface area contributed by atoms with E-state index in [2.05, 4.69) is 11.9 Å². The summed E-state index contributed by atoms with van der Waals surface area (Å²) in [6.45, 7) is 3.34. The first-order valence-electron chi connectivity index (χ1n) is 6.78. The minimum absolute atomic E-state index is 0.349. The van der Waals surface area contributed by atoms with Crippen LogP contribution in [0.4, 0.5) is 0 Å². The van der Waals surface area contributed by atoms with Crippen molar-refractivity contribution < 1.29 is 9.47 Å². The van der Waals surface area contributed by atoms with Gasteiger partial charge in [-0.15, -0.1) is 0 Å². The number of rotatable bonds is 8. The van der Waals surface area contributed by atoms with Crippen molar-refractivity contribution >= 4 is 0 Å². The highest BCUT2D eigenvalue weighted by Crippen LogP contribution is 2.20. The largest absolute Gasteiger partial charge is 0.385 e. The summed E-state index contributed by atoms with van der Waals surface area (Å²) in [5.74, 6) is 0. The molecule has 0 amide bonds. The van der Waals surface area contributed by atoms with Crippen LogP contribution >= 0.6 is 0 Å². The Kier molecular flexibility index (Phi) is 7.77. The van der Waals surface area contributed by atoms with Gasteiger partial charge in [0.05, 0.1) is 6.61 Å². The zero-order chi connectivity index (χ0) is 12.5. The van der Waals surface area contributed by atoms with Gasteiger partial charge in [0.25, 0.3) is 0 Å². The van der Waals surface area contributed by atoms with Gasteiger partial charge in [-0.2, -0.15) is 0 Å². The van der Waals surface area contributed by atoms with Gasteiger partial charge in [0.15, 0.2) is 0 Å². The Labute approximate surface area is 105 Å². The summed E-state index contributed by atoms with van der Waals surface area (Å²) in [4.78, 5) is 2.36. The van der Waals surface area contributed by atoms with Crippen molar-refractivity contribution in [3.05, 3.63) is 0 Å². The summed E-state index contributed by atoms with van der Waals surface area (Å²) in [7, 11) is 3.88. The standard InChI is InChI=1S/C13H28N2O2/c1-15(8-11-17-10-5-9-16-2)13-7-4-3-6-12(13)14/h12-13H,3-11,14H2,1-2H3. The van der Waals surface area contributed by atoms with Crippen molar-refractivity contribution in [2.75, 3.05) is 40.5 Å². The molecule has 0 spiro atoms. The van der Waals surface area contributed by atoms with Crippen molar-refractivity contribution in [2.24, 2.45) is 5.73 Å². The van der Waals surface area contributed by atoms with Crippen LogP contribution in [0, 0.1) is 0 Å². The Morgan fingerprint density at radius 1 is 1.18 bits per heavy atom. The molecule has 1 saturated carbocycles. The fraction of sp³-hybridized carbons (Fsp3) is 1.00. The normalized spacial score (nSPS) is 25.4. The van der Waals surface area contributed by atoms with Gasteiger partial charge in [0.1, 0.15) is 0 Å². The number of hydrogen-bond donors (Lipinski definition) is 1. The summed E-state index contributed by atoms with van der Waals surface area (Å²) in [5.41, 5.74) is 6.15. The first kappa shape index (κ1) is 14.9. The van der Waals surface area contributed by atoms with E-state index in [-0.39, 0.29) is 0 Å². The molecule has 2 unspecified atom stereocenters. The molecule has 1 aliphatic rings. The molecule has 17 heavy (non-hydrogen) atoms. The van der Waals surface area contributed by atoms with Crippen LogP contribution in [0.2, 0.25) is 0 Å². The van der Waals surface area contributed by atoms with E-state index < -0.39 is 0 Å². The van der Waals surface area contributed by atoms with Gasteiger partial charge < -0.3 is 15.2 Å². The van der Waals surface area contributed by atoms with Crippen LogP contribution in [0.1, 0.15) is 32.1 Å². The molecule has 2 atom stereocenters. The molecule has 1 rings (SSSR count). The highest BCUT2D eigenvalue weighted by Gasteiger charge is 2.24. The molecule has 2 N–H and O–H groups in total. The molecular formula is C13H28N2O2. The lowest BCUT2D eigenvalue weighted by Gasteiger charge is -2.35. The van der Waals surface area contributed by atoms with Crippen molar-refractivity contribution in [2.45, 2.75) is 44.2 Å². The quantitative estimate of drug-likeness (QED) is 0.653. The smallest absolute Gasteiger partial charge is 0.0593 e. The van der Waals surface area contributed by atoms with E-state index >= 15 is 0 Å². The molecule has 0 aliphatic heterocycles. The number of likely N-dealkylation sites (N-methyl/N-ethyl adjacent to an activating group) is 1. The molecule has 102 valence electrons. The Morgan fingerprint density at radius 3 is 2.65 bits per heavy atom. The van der Waals surface area contributed by atoms with Crippen LogP contribution < -0.4 is 5.73 Å². The first-order valence-corrected chi connectivity index (χ1v) is 6.78. The monoisotopic (exact) mass is 244 g/mol. The highest BCUT2D eigenvalue weighted by atomic mass is 16.5. The lowest BCUT2D eigenvalue weighted by atomic mass is 9.90. The van der Waals surface area contributed by atoms with Gasteiger partial charge >= 0.3 is 0 Å². The maximum Gasteiger partial charge on any atom is 0.0593 e. The second-order valence-corrected chi connectivity index (χ2v) is 4.95. The summed E-state index contributed by atoms with van der Waals surface area (Å²) in [6, 6.07) is 0.897. The average molecular weight is 244 g/mol. The second kappa shape index (κ2) is 8.86. The van der Waals surface area contributed by atoms with E-state index in [9.17, 15) is 0 Å². The summed E-state index contributed by atoms with van der Waals surface area (Å²) < 4.78 is 10.5. The van der Waals surface area contributed by atoms with Gasteiger partial charge in [-0.3, -0.25) is 4.90 Å². The molecule has 4 nitrogen and oxygen atoms in total. The molecule has 4 heteroatoms. The first-order chi connectivity index (χ1) is 8.25. The molecular weight excluding hydrogens is 216 g/mol. The van der Waals surface area contributed by atoms with Crippen LogP contribution in [0.25, 0.3) is 0 Å². The van der Waals surface area contributed by atoms with E-state index in [0.29, 0.717) is 12.1 Å².